The highest BCUT2D eigenvalue weighted by molar-refractivity contribution is 7.89. The van der Waals surface area contributed by atoms with Crippen molar-refractivity contribution in [3.63, 3.8) is 0 Å². The van der Waals surface area contributed by atoms with Gasteiger partial charge in [0.2, 0.25) is 10.0 Å². The van der Waals surface area contributed by atoms with Crippen LogP contribution in [0.4, 0.5) is 5.69 Å². The number of sulfonamides is 1. The Balaban J connectivity index is 1.65. The fraction of sp³-hybridized carbons (Fsp3) is 0.300. The molecule has 1 amide bonds. The van der Waals surface area contributed by atoms with E-state index in [1.807, 2.05) is 36.4 Å². The van der Waals surface area contributed by atoms with Crippen LogP contribution in [0.1, 0.15) is 27.2 Å². The molecule has 1 aliphatic rings. The molecule has 38 heavy (non-hydrogen) atoms. The van der Waals surface area contributed by atoms with E-state index in [2.05, 4.69) is 51.6 Å². The Bertz CT molecular complexity index is 1330. The molecule has 1 fully saturated rings. The third kappa shape index (κ3) is 5.14. The molecular weight excluding hydrogens is 512 g/mol. The molecular formula is C30H36N2O4SSi. The molecule has 0 bridgehead atoms. The first-order chi connectivity index (χ1) is 18.0. The fourth-order valence-electron chi connectivity index (χ4n) is 5.18. The lowest BCUT2D eigenvalue weighted by Crippen LogP contribution is -2.68. The van der Waals surface area contributed by atoms with Crippen LogP contribution in [0.15, 0.2) is 102 Å². The molecule has 0 saturated carbocycles. The maximum atomic E-state index is 13.7. The highest BCUT2D eigenvalue weighted by Crippen LogP contribution is 2.39. The third-order valence-corrected chi connectivity index (χ3v) is 14.0. The van der Waals surface area contributed by atoms with Gasteiger partial charge in [-0.3, -0.25) is 4.79 Å². The summed E-state index contributed by atoms with van der Waals surface area (Å²) in [5.41, 5.74) is 0.661. The van der Waals surface area contributed by atoms with Gasteiger partial charge in [0.05, 0.1) is 4.90 Å². The van der Waals surface area contributed by atoms with E-state index in [9.17, 15) is 13.2 Å². The minimum absolute atomic E-state index is 0.0997. The summed E-state index contributed by atoms with van der Waals surface area (Å²) in [6, 6.07) is 27.1. The van der Waals surface area contributed by atoms with Crippen LogP contribution < -0.4 is 15.3 Å². The maximum absolute atomic E-state index is 13.7. The lowest BCUT2D eigenvalue weighted by molar-refractivity contribution is -0.123. The normalized spacial score (nSPS) is 16.7. The van der Waals surface area contributed by atoms with Crippen LogP contribution in [0, 0.1) is 0 Å². The first kappa shape index (κ1) is 28.0. The predicted octanol–water partition coefficient (Wildman–Crippen LogP) is 4.18. The quantitative estimate of drug-likeness (QED) is 0.297. The summed E-state index contributed by atoms with van der Waals surface area (Å²) >= 11 is 0. The highest BCUT2D eigenvalue weighted by atomic mass is 32.2. The Morgan fingerprint density at radius 3 is 1.97 bits per heavy atom. The lowest BCUT2D eigenvalue weighted by atomic mass is 10.2. The van der Waals surface area contributed by atoms with Gasteiger partial charge in [0, 0.05) is 25.8 Å². The van der Waals surface area contributed by atoms with Crippen molar-refractivity contribution in [1.29, 1.82) is 0 Å². The van der Waals surface area contributed by atoms with Crippen LogP contribution >= 0.6 is 0 Å². The zero-order valence-electron chi connectivity index (χ0n) is 22.5. The molecule has 1 aliphatic heterocycles. The number of nitrogens with zero attached hydrogens (tertiary/aromatic N) is 2. The van der Waals surface area contributed by atoms with Crippen LogP contribution in [0.5, 0.6) is 0 Å². The molecule has 0 radical (unpaired) electrons. The van der Waals surface area contributed by atoms with Gasteiger partial charge in [-0.1, -0.05) is 87.5 Å². The molecule has 4 rings (SSSR count). The number of amides is 1. The van der Waals surface area contributed by atoms with Gasteiger partial charge in [0.25, 0.3) is 14.2 Å². The average Bonchev–Trinajstić information content (AvgIpc) is 3.27. The van der Waals surface area contributed by atoms with Crippen molar-refractivity contribution in [2.45, 2.75) is 43.2 Å². The van der Waals surface area contributed by atoms with Crippen LogP contribution in [-0.4, -0.2) is 53.2 Å². The summed E-state index contributed by atoms with van der Waals surface area (Å²) in [5.74, 6) is -0.0997. The molecule has 3 aromatic rings. The Hall–Kier alpha value is -3.04. The SMILES string of the molecule is C=CCN(C)S(=O)(=O)c1ccc(N2CC[C@@H](O[Si](c3ccccc3)(c3ccccc3)C(C)(C)C)C2=O)cc1. The average molecular weight is 549 g/mol. The molecule has 0 aliphatic carbocycles. The van der Waals surface area contributed by atoms with E-state index in [0.29, 0.717) is 18.7 Å². The Morgan fingerprint density at radius 1 is 0.974 bits per heavy atom. The molecule has 1 atom stereocenters. The summed E-state index contributed by atoms with van der Waals surface area (Å²) in [6.07, 6.45) is 1.51. The monoisotopic (exact) mass is 548 g/mol. The predicted molar refractivity (Wildman–Crippen MR) is 156 cm³/mol. The van der Waals surface area contributed by atoms with Crippen molar-refractivity contribution < 1.29 is 17.6 Å². The number of benzene rings is 3. The van der Waals surface area contributed by atoms with Crippen LogP contribution in [0.3, 0.4) is 0 Å². The zero-order valence-corrected chi connectivity index (χ0v) is 24.3. The highest BCUT2D eigenvalue weighted by Gasteiger charge is 2.53. The number of anilines is 1. The zero-order chi connectivity index (χ0) is 27.6. The van der Waals surface area contributed by atoms with Gasteiger partial charge in [0.15, 0.2) is 0 Å². The molecule has 8 heteroatoms. The summed E-state index contributed by atoms with van der Waals surface area (Å²) in [4.78, 5) is 15.6. The van der Waals surface area contributed by atoms with Gasteiger partial charge in [-0.25, -0.2) is 8.42 Å². The molecule has 1 saturated heterocycles. The van der Waals surface area contributed by atoms with Crippen molar-refractivity contribution in [2.75, 3.05) is 25.0 Å². The van der Waals surface area contributed by atoms with E-state index < -0.39 is 24.4 Å². The van der Waals surface area contributed by atoms with Gasteiger partial charge in [-0.05, 0) is 46.1 Å². The number of hydrogen-bond acceptors (Lipinski definition) is 4. The molecule has 0 unspecified atom stereocenters. The smallest absolute Gasteiger partial charge is 0.262 e. The second kappa shape index (κ2) is 11.0. The molecule has 200 valence electrons. The van der Waals surface area contributed by atoms with E-state index >= 15 is 0 Å². The minimum Gasteiger partial charge on any atom is -0.395 e. The number of carbonyl (C=O) groups excluding carboxylic acids is 1. The topological polar surface area (TPSA) is 66.9 Å². The largest absolute Gasteiger partial charge is 0.395 e. The molecule has 6 nitrogen and oxygen atoms in total. The second-order valence-electron chi connectivity index (χ2n) is 10.6. The van der Waals surface area contributed by atoms with Gasteiger partial charge in [-0.15, -0.1) is 6.58 Å². The minimum atomic E-state index is -3.63. The Labute approximate surface area is 227 Å². The van der Waals surface area contributed by atoms with Crippen LogP contribution in [-0.2, 0) is 19.2 Å². The second-order valence-corrected chi connectivity index (χ2v) is 16.9. The van der Waals surface area contributed by atoms with Gasteiger partial charge < -0.3 is 9.33 Å². The number of rotatable bonds is 9. The van der Waals surface area contributed by atoms with Crippen molar-refractivity contribution >= 4 is 40.3 Å². The Morgan fingerprint density at radius 2 is 1.50 bits per heavy atom. The molecule has 3 aromatic carbocycles. The molecule has 1 heterocycles. The number of hydrogen-bond donors (Lipinski definition) is 0. The van der Waals surface area contributed by atoms with E-state index in [4.69, 9.17) is 4.43 Å². The van der Waals surface area contributed by atoms with E-state index in [1.54, 1.807) is 35.2 Å². The van der Waals surface area contributed by atoms with Crippen LogP contribution in [0.25, 0.3) is 0 Å². The summed E-state index contributed by atoms with van der Waals surface area (Å²) in [7, 11) is -4.99. The van der Waals surface area contributed by atoms with Gasteiger partial charge in [0.1, 0.15) is 6.10 Å². The first-order valence-corrected chi connectivity index (χ1v) is 16.1. The number of likely N-dealkylation sites (N-methyl/N-ethyl adjacent to an activating group) is 1. The fourth-order valence-corrected chi connectivity index (χ4v) is 11.0. The van der Waals surface area contributed by atoms with Crippen molar-refractivity contribution in [3.05, 3.63) is 97.6 Å². The van der Waals surface area contributed by atoms with Gasteiger partial charge in [-0.2, -0.15) is 4.31 Å². The van der Waals surface area contributed by atoms with E-state index in [1.165, 1.54) is 11.4 Å². The van der Waals surface area contributed by atoms with Gasteiger partial charge >= 0.3 is 0 Å². The third-order valence-electron chi connectivity index (χ3n) is 7.13. The standard InChI is InChI=1S/C30H36N2O4SSi/c1-6-22-31(5)37(34,35)25-19-17-24(18-20-25)32-23-21-28(29(32)33)36-38(30(2,3)4,26-13-9-7-10-14-26)27-15-11-8-12-16-27/h6-20,28H,1,21-23H2,2-5H3/t28-/m1/s1. The molecule has 0 N–H and O–H groups in total. The van der Waals surface area contributed by atoms with Crippen molar-refractivity contribution in [2.24, 2.45) is 0 Å². The van der Waals surface area contributed by atoms with E-state index in [0.717, 1.165) is 10.4 Å². The summed E-state index contributed by atoms with van der Waals surface area (Å²) in [5, 5.41) is 2.02. The summed E-state index contributed by atoms with van der Waals surface area (Å²) in [6.45, 7) is 10.9. The van der Waals surface area contributed by atoms with E-state index in [-0.39, 0.29) is 22.4 Å². The molecule has 0 aromatic heterocycles. The lowest BCUT2D eigenvalue weighted by Gasteiger charge is -2.44. The van der Waals surface area contributed by atoms with Crippen LogP contribution in [0.2, 0.25) is 5.04 Å². The maximum Gasteiger partial charge on any atom is 0.262 e. The van der Waals surface area contributed by atoms with Crippen molar-refractivity contribution in [1.82, 2.24) is 4.31 Å². The first-order valence-electron chi connectivity index (χ1n) is 12.8. The Kier molecular flexibility index (Phi) is 8.08. The van der Waals surface area contributed by atoms with Crippen molar-refractivity contribution in [3.8, 4) is 0 Å². The molecule has 0 spiro atoms. The summed E-state index contributed by atoms with van der Waals surface area (Å²) < 4.78 is 33.9. The number of carbonyl (C=O) groups is 1.